The zero-order valence-corrected chi connectivity index (χ0v) is 9.00. The lowest BCUT2D eigenvalue weighted by Crippen LogP contribution is -3.00. The summed E-state index contributed by atoms with van der Waals surface area (Å²) in [5.74, 6) is 0.967. The molecule has 0 unspecified atom stereocenters. The Balaban J connectivity index is 0.000000750. The lowest BCUT2D eigenvalue weighted by molar-refractivity contribution is -0.731. The summed E-state index contributed by atoms with van der Waals surface area (Å²) < 4.78 is 0. The molecule has 1 aromatic rings. The minimum absolute atomic E-state index is 0. The summed E-state index contributed by atoms with van der Waals surface area (Å²) >= 11 is 0. The Labute approximate surface area is 91.3 Å². The Morgan fingerprint density at radius 1 is 1.14 bits per heavy atom. The van der Waals surface area contributed by atoms with Crippen molar-refractivity contribution in [2.24, 2.45) is 5.92 Å². The average molecular weight is 210 g/mol. The van der Waals surface area contributed by atoms with Crippen LogP contribution in [0.15, 0.2) is 30.3 Å². The molecular weight excluding hydrogens is 194 g/mol. The van der Waals surface area contributed by atoms with Crippen LogP contribution in [-0.4, -0.2) is 6.54 Å². The highest BCUT2D eigenvalue weighted by molar-refractivity contribution is 5.26. The second-order valence-electron chi connectivity index (χ2n) is 4.42. The van der Waals surface area contributed by atoms with Crippen LogP contribution in [0.5, 0.6) is 0 Å². The van der Waals surface area contributed by atoms with Gasteiger partial charge in [-0.15, -0.1) is 0 Å². The van der Waals surface area contributed by atoms with Crippen molar-refractivity contribution in [2.75, 3.05) is 6.54 Å². The molecule has 1 aliphatic heterocycles. The fraction of sp³-hybridized carbons (Fsp3) is 0.500. The molecule has 1 nitrogen and oxygen atoms in total. The molecule has 0 radical (unpaired) electrons. The Hall–Kier alpha value is -0.530. The molecule has 2 atom stereocenters. The molecule has 0 spiro atoms. The number of quaternary nitrogens is 1. The van der Waals surface area contributed by atoms with Crippen LogP contribution in [0.4, 0.5) is 0 Å². The smallest absolute Gasteiger partial charge is 0.125 e. The van der Waals surface area contributed by atoms with E-state index in [1.54, 1.807) is 5.56 Å². The molecule has 0 aromatic heterocycles. The van der Waals surface area contributed by atoms with E-state index in [0.717, 1.165) is 5.92 Å². The van der Waals surface area contributed by atoms with Crippen LogP contribution in [0.1, 0.15) is 24.8 Å². The Morgan fingerprint density at radius 3 is 2.50 bits per heavy atom. The molecular formula is C12H16ClN. The first-order valence-electron chi connectivity index (χ1n) is 5.32. The quantitative estimate of drug-likeness (QED) is 0.566. The van der Waals surface area contributed by atoms with Gasteiger partial charge in [-0.3, -0.25) is 0 Å². The van der Waals surface area contributed by atoms with E-state index in [1.807, 2.05) is 0 Å². The van der Waals surface area contributed by atoms with E-state index in [4.69, 9.17) is 0 Å². The first kappa shape index (κ1) is 10.0. The predicted octanol–water partition coefficient (Wildman–Crippen LogP) is -1.74. The Bertz CT molecular complexity index is 311. The van der Waals surface area contributed by atoms with Gasteiger partial charge in [-0.05, 0) is 6.42 Å². The van der Waals surface area contributed by atoms with E-state index in [0.29, 0.717) is 5.54 Å². The maximum Gasteiger partial charge on any atom is 0.125 e. The molecule has 2 N–H and O–H groups in total. The van der Waals surface area contributed by atoms with Gasteiger partial charge in [0, 0.05) is 24.3 Å². The third-order valence-electron chi connectivity index (χ3n) is 3.97. The Kier molecular flexibility index (Phi) is 2.54. The second kappa shape index (κ2) is 3.56. The fourth-order valence-electron chi connectivity index (χ4n) is 3.12. The summed E-state index contributed by atoms with van der Waals surface area (Å²) in [5, 5.41) is 2.57. The molecule has 2 heteroatoms. The first-order valence-corrected chi connectivity index (χ1v) is 5.32. The van der Waals surface area contributed by atoms with Crippen molar-refractivity contribution in [3.05, 3.63) is 35.9 Å². The normalized spacial score (nSPS) is 34.1. The predicted molar refractivity (Wildman–Crippen MR) is 52.3 cm³/mol. The third kappa shape index (κ3) is 1.19. The molecule has 14 heavy (non-hydrogen) atoms. The summed E-state index contributed by atoms with van der Waals surface area (Å²) in [7, 11) is 0. The molecule has 2 aliphatic rings. The van der Waals surface area contributed by atoms with Crippen LogP contribution in [-0.2, 0) is 5.54 Å². The van der Waals surface area contributed by atoms with Crippen molar-refractivity contribution in [2.45, 2.75) is 24.8 Å². The van der Waals surface area contributed by atoms with Crippen molar-refractivity contribution in [1.29, 1.82) is 0 Å². The molecule has 3 rings (SSSR count). The monoisotopic (exact) mass is 209 g/mol. The number of halogens is 1. The molecule has 1 aliphatic carbocycles. The highest BCUT2D eigenvalue weighted by atomic mass is 35.5. The SMILES string of the molecule is [Cl-].c1ccc([C@@]23CC[C@@H]2CC[NH2+]3)cc1. The van der Waals surface area contributed by atoms with Gasteiger partial charge in [0.25, 0.3) is 0 Å². The van der Waals surface area contributed by atoms with Crippen LogP contribution in [0.2, 0.25) is 0 Å². The van der Waals surface area contributed by atoms with Gasteiger partial charge in [0.2, 0.25) is 0 Å². The van der Waals surface area contributed by atoms with Crippen LogP contribution < -0.4 is 17.7 Å². The van der Waals surface area contributed by atoms with E-state index in [9.17, 15) is 0 Å². The lowest BCUT2D eigenvalue weighted by Gasteiger charge is -2.41. The highest BCUT2D eigenvalue weighted by Gasteiger charge is 2.54. The number of hydrogen-bond donors (Lipinski definition) is 1. The highest BCUT2D eigenvalue weighted by Crippen LogP contribution is 2.47. The van der Waals surface area contributed by atoms with E-state index in [-0.39, 0.29) is 12.4 Å². The topological polar surface area (TPSA) is 16.6 Å². The average Bonchev–Trinajstić information content (AvgIpc) is 2.45. The van der Waals surface area contributed by atoms with Gasteiger partial charge in [-0.25, -0.2) is 0 Å². The summed E-state index contributed by atoms with van der Waals surface area (Å²) in [5.41, 5.74) is 2.06. The molecule has 1 saturated carbocycles. The van der Waals surface area contributed by atoms with Gasteiger partial charge >= 0.3 is 0 Å². The van der Waals surface area contributed by atoms with Crippen LogP contribution in [0.3, 0.4) is 0 Å². The minimum Gasteiger partial charge on any atom is -1.00 e. The number of nitrogens with two attached hydrogens (primary N) is 1. The summed E-state index contributed by atoms with van der Waals surface area (Å²) in [6.07, 6.45) is 4.27. The molecule has 76 valence electrons. The molecule has 1 saturated heterocycles. The maximum atomic E-state index is 2.57. The zero-order chi connectivity index (χ0) is 8.73. The van der Waals surface area contributed by atoms with Crippen molar-refractivity contribution >= 4 is 0 Å². The van der Waals surface area contributed by atoms with E-state index in [1.165, 1.54) is 25.8 Å². The minimum atomic E-state index is 0. The lowest BCUT2D eigenvalue weighted by atomic mass is 9.64. The van der Waals surface area contributed by atoms with Crippen molar-refractivity contribution in [3.8, 4) is 0 Å². The van der Waals surface area contributed by atoms with Crippen LogP contribution >= 0.6 is 0 Å². The summed E-state index contributed by atoms with van der Waals surface area (Å²) in [6, 6.07) is 11.1. The Morgan fingerprint density at radius 2 is 1.93 bits per heavy atom. The molecule has 1 heterocycles. The van der Waals surface area contributed by atoms with Crippen LogP contribution in [0.25, 0.3) is 0 Å². The summed E-state index contributed by atoms with van der Waals surface area (Å²) in [4.78, 5) is 0. The molecule has 2 fully saturated rings. The number of fused-ring (bicyclic) bond motifs is 1. The molecule has 0 amide bonds. The second-order valence-corrected chi connectivity index (χ2v) is 4.42. The standard InChI is InChI=1S/C12H15N.ClH/c1-2-4-10(5-3-1)12-8-6-11(12)7-9-13-12;/h1-5,11,13H,6-9H2;1H/t11-,12+;/m1./s1. The van der Waals surface area contributed by atoms with Crippen molar-refractivity contribution in [3.63, 3.8) is 0 Å². The van der Waals surface area contributed by atoms with Gasteiger partial charge in [0.1, 0.15) is 5.54 Å². The van der Waals surface area contributed by atoms with Gasteiger partial charge in [-0.1, -0.05) is 30.3 Å². The zero-order valence-electron chi connectivity index (χ0n) is 8.25. The van der Waals surface area contributed by atoms with E-state index >= 15 is 0 Å². The number of rotatable bonds is 1. The molecule has 1 aromatic carbocycles. The van der Waals surface area contributed by atoms with E-state index in [2.05, 4.69) is 35.6 Å². The third-order valence-corrected chi connectivity index (χ3v) is 3.97. The largest absolute Gasteiger partial charge is 1.00 e. The van der Waals surface area contributed by atoms with Crippen molar-refractivity contribution in [1.82, 2.24) is 0 Å². The molecule has 0 bridgehead atoms. The van der Waals surface area contributed by atoms with E-state index < -0.39 is 0 Å². The number of hydrogen-bond acceptors (Lipinski definition) is 0. The van der Waals surface area contributed by atoms with Gasteiger partial charge in [0.05, 0.1) is 6.54 Å². The van der Waals surface area contributed by atoms with Gasteiger partial charge < -0.3 is 17.7 Å². The van der Waals surface area contributed by atoms with Crippen molar-refractivity contribution < 1.29 is 17.7 Å². The fourth-order valence-corrected chi connectivity index (χ4v) is 3.12. The van der Waals surface area contributed by atoms with Crippen LogP contribution in [0, 0.1) is 5.92 Å². The maximum absolute atomic E-state index is 2.57. The first-order chi connectivity index (χ1) is 6.42. The van der Waals surface area contributed by atoms with Gasteiger partial charge in [-0.2, -0.15) is 0 Å². The summed E-state index contributed by atoms with van der Waals surface area (Å²) in [6.45, 7) is 1.33. The van der Waals surface area contributed by atoms with Gasteiger partial charge in [0.15, 0.2) is 0 Å². The number of benzene rings is 1.